The standard InChI is InChI=1S/C14H16BrN3O/c1-9-17-14(19-18-9)8-16-11-6-10(7-11)12-4-2-3-5-13(12)15/h2-5,10-11,16H,6-8H2,1H3. The minimum Gasteiger partial charge on any atom is -0.338 e. The quantitative estimate of drug-likeness (QED) is 0.939. The van der Waals surface area contributed by atoms with Gasteiger partial charge >= 0.3 is 0 Å². The van der Waals surface area contributed by atoms with Gasteiger partial charge in [0, 0.05) is 10.5 Å². The zero-order valence-electron chi connectivity index (χ0n) is 10.8. The molecule has 0 bridgehead atoms. The van der Waals surface area contributed by atoms with Crippen LogP contribution in [0.15, 0.2) is 33.3 Å². The molecule has 0 radical (unpaired) electrons. The molecule has 0 spiro atoms. The summed E-state index contributed by atoms with van der Waals surface area (Å²) in [6.45, 7) is 2.49. The Morgan fingerprint density at radius 2 is 2.16 bits per heavy atom. The summed E-state index contributed by atoms with van der Waals surface area (Å²) in [4.78, 5) is 4.18. The van der Waals surface area contributed by atoms with Gasteiger partial charge in [-0.2, -0.15) is 4.98 Å². The van der Waals surface area contributed by atoms with Crippen molar-refractivity contribution >= 4 is 15.9 Å². The Bertz CT molecular complexity index is 563. The molecule has 1 heterocycles. The van der Waals surface area contributed by atoms with Crippen molar-refractivity contribution in [1.82, 2.24) is 15.5 Å². The average Bonchev–Trinajstić information content (AvgIpc) is 2.75. The average molecular weight is 322 g/mol. The van der Waals surface area contributed by atoms with Crippen molar-refractivity contribution in [2.75, 3.05) is 0 Å². The van der Waals surface area contributed by atoms with Crippen LogP contribution in [0.2, 0.25) is 0 Å². The minimum atomic E-state index is 0.546. The summed E-state index contributed by atoms with van der Waals surface area (Å²) >= 11 is 3.62. The molecule has 2 aromatic rings. The molecule has 3 rings (SSSR count). The summed E-state index contributed by atoms with van der Waals surface area (Å²) in [6, 6.07) is 9.01. The van der Waals surface area contributed by atoms with Crippen molar-refractivity contribution in [2.45, 2.75) is 38.3 Å². The summed E-state index contributed by atoms with van der Waals surface area (Å²) in [5.41, 5.74) is 1.41. The Kier molecular flexibility index (Phi) is 3.66. The normalized spacial score (nSPS) is 22.2. The molecule has 0 amide bonds. The van der Waals surface area contributed by atoms with Gasteiger partial charge in [-0.3, -0.25) is 0 Å². The largest absolute Gasteiger partial charge is 0.338 e. The van der Waals surface area contributed by atoms with Crippen LogP contribution in [0.25, 0.3) is 0 Å². The highest BCUT2D eigenvalue weighted by molar-refractivity contribution is 9.10. The zero-order valence-corrected chi connectivity index (χ0v) is 12.4. The number of nitrogens with one attached hydrogen (secondary N) is 1. The Morgan fingerprint density at radius 3 is 2.84 bits per heavy atom. The maximum Gasteiger partial charge on any atom is 0.240 e. The van der Waals surface area contributed by atoms with Gasteiger partial charge in [0.25, 0.3) is 0 Å². The molecule has 1 aromatic carbocycles. The fourth-order valence-corrected chi connectivity index (χ4v) is 3.10. The van der Waals surface area contributed by atoms with Crippen molar-refractivity contribution in [1.29, 1.82) is 0 Å². The molecule has 4 nitrogen and oxygen atoms in total. The van der Waals surface area contributed by atoms with E-state index in [9.17, 15) is 0 Å². The first-order valence-corrected chi connectivity index (χ1v) is 7.28. The van der Waals surface area contributed by atoms with Gasteiger partial charge in [-0.1, -0.05) is 39.3 Å². The van der Waals surface area contributed by atoms with Gasteiger partial charge in [-0.25, -0.2) is 0 Å². The number of aryl methyl sites for hydroxylation is 1. The lowest BCUT2D eigenvalue weighted by Gasteiger charge is -2.36. The second-order valence-corrected chi connectivity index (χ2v) is 5.86. The Hall–Kier alpha value is -1.20. The first-order valence-electron chi connectivity index (χ1n) is 6.49. The van der Waals surface area contributed by atoms with E-state index in [-0.39, 0.29) is 0 Å². The molecule has 1 N–H and O–H groups in total. The molecule has 0 atom stereocenters. The van der Waals surface area contributed by atoms with Crippen LogP contribution in [0.5, 0.6) is 0 Å². The van der Waals surface area contributed by atoms with E-state index in [0.717, 1.165) is 12.8 Å². The monoisotopic (exact) mass is 321 g/mol. The molecule has 100 valence electrons. The van der Waals surface area contributed by atoms with Gasteiger partial charge in [0.2, 0.25) is 5.89 Å². The Balaban J connectivity index is 1.49. The van der Waals surface area contributed by atoms with Crippen molar-refractivity contribution in [3.63, 3.8) is 0 Å². The summed E-state index contributed by atoms with van der Waals surface area (Å²) in [7, 11) is 0. The van der Waals surface area contributed by atoms with Crippen LogP contribution >= 0.6 is 15.9 Å². The predicted octanol–water partition coefficient (Wildman–Crippen LogP) is 3.18. The molecule has 1 aliphatic rings. The SMILES string of the molecule is Cc1noc(CNC2CC(c3ccccc3Br)C2)n1. The molecule has 0 saturated heterocycles. The smallest absolute Gasteiger partial charge is 0.240 e. The number of hydrogen-bond acceptors (Lipinski definition) is 4. The number of rotatable bonds is 4. The second kappa shape index (κ2) is 5.43. The Morgan fingerprint density at radius 1 is 1.37 bits per heavy atom. The molecular formula is C14H16BrN3O. The topological polar surface area (TPSA) is 51.0 Å². The van der Waals surface area contributed by atoms with Gasteiger partial charge < -0.3 is 9.84 Å². The van der Waals surface area contributed by atoms with Gasteiger partial charge in [0.1, 0.15) is 0 Å². The van der Waals surface area contributed by atoms with Crippen molar-refractivity contribution < 1.29 is 4.52 Å². The molecule has 1 aromatic heterocycles. The molecule has 1 fully saturated rings. The maximum absolute atomic E-state index is 5.08. The van der Waals surface area contributed by atoms with E-state index in [4.69, 9.17) is 4.52 Å². The van der Waals surface area contributed by atoms with Gasteiger partial charge in [-0.05, 0) is 37.3 Å². The van der Waals surface area contributed by atoms with E-state index in [1.807, 2.05) is 6.92 Å². The number of aromatic nitrogens is 2. The molecular weight excluding hydrogens is 306 g/mol. The van der Waals surface area contributed by atoms with E-state index in [2.05, 4.69) is 55.7 Å². The predicted molar refractivity (Wildman–Crippen MR) is 75.8 cm³/mol. The van der Waals surface area contributed by atoms with E-state index in [1.165, 1.54) is 10.0 Å². The van der Waals surface area contributed by atoms with Crippen LogP contribution in [0, 0.1) is 6.92 Å². The molecule has 5 heteroatoms. The summed E-state index contributed by atoms with van der Waals surface area (Å²) in [6.07, 6.45) is 2.32. The number of halogens is 1. The van der Waals surface area contributed by atoms with Crippen molar-refractivity contribution in [2.24, 2.45) is 0 Å². The fraction of sp³-hybridized carbons (Fsp3) is 0.429. The van der Waals surface area contributed by atoms with Crippen LogP contribution in [-0.4, -0.2) is 16.2 Å². The van der Waals surface area contributed by atoms with E-state index < -0.39 is 0 Å². The van der Waals surface area contributed by atoms with Crippen LogP contribution in [-0.2, 0) is 6.54 Å². The molecule has 0 aliphatic heterocycles. The van der Waals surface area contributed by atoms with Crippen LogP contribution in [0.4, 0.5) is 0 Å². The lowest BCUT2D eigenvalue weighted by Crippen LogP contribution is -2.39. The Labute approximate surface area is 120 Å². The summed E-state index contributed by atoms with van der Waals surface area (Å²) < 4.78 is 6.30. The highest BCUT2D eigenvalue weighted by atomic mass is 79.9. The highest BCUT2D eigenvalue weighted by Crippen LogP contribution is 2.39. The van der Waals surface area contributed by atoms with Crippen molar-refractivity contribution in [3.05, 3.63) is 46.0 Å². The van der Waals surface area contributed by atoms with Gasteiger partial charge in [0.15, 0.2) is 5.82 Å². The third-order valence-corrected chi connectivity index (χ3v) is 4.32. The van der Waals surface area contributed by atoms with Crippen molar-refractivity contribution in [3.8, 4) is 0 Å². The fourth-order valence-electron chi connectivity index (χ4n) is 2.49. The van der Waals surface area contributed by atoms with E-state index in [0.29, 0.717) is 30.2 Å². The number of hydrogen-bond donors (Lipinski definition) is 1. The third kappa shape index (κ3) is 2.87. The molecule has 0 unspecified atom stereocenters. The van der Waals surface area contributed by atoms with E-state index >= 15 is 0 Å². The summed E-state index contributed by atoms with van der Waals surface area (Å²) in [5.74, 6) is 2.01. The maximum atomic E-state index is 5.08. The van der Waals surface area contributed by atoms with Crippen LogP contribution in [0.3, 0.4) is 0 Å². The van der Waals surface area contributed by atoms with Gasteiger partial charge in [0.05, 0.1) is 6.54 Å². The van der Waals surface area contributed by atoms with Gasteiger partial charge in [-0.15, -0.1) is 0 Å². The number of nitrogens with zero attached hydrogens (tertiary/aromatic N) is 2. The highest BCUT2D eigenvalue weighted by Gasteiger charge is 2.31. The molecule has 19 heavy (non-hydrogen) atoms. The minimum absolute atomic E-state index is 0.546. The first-order chi connectivity index (χ1) is 9.22. The summed E-state index contributed by atoms with van der Waals surface area (Å²) in [5, 5.41) is 7.24. The zero-order chi connectivity index (χ0) is 13.2. The third-order valence-electron chi connectivity index (χ3n) is 3.59. The van der Waals surface area contributed by atoms with Crippen LogP contribution in [0.1, 0.15) is 36.0 Å². The van der Waals surface area contributed by atoms with Crippen LogP contribution < -0.4 is 5.32 Å². The lowest BCUT2D eigenvalue weighted by atomic mass is 9.76. The van der Waals surface area contributed by atoms with E-state index in [1.54, 1.807) is 0 Å². The second-order valence-electron chi connectivity index (χ2n) is 5.00. The number of benzene rings is 1. The molecule has 1 aliphatic carbocycles. The molecule has 1 saturated carbocycles. The first kappa shape index (κ1) is 12.8. The lowest BCUT2D eigenvalue weighted by molar-refractivity contribution is 0.271.